The largest absolute Gasteiger partial charge is 0.493 e. The molecule has 20 heavy (non-hydrogen) atoms. The fraction of sp³-hybridized carbons (Fsp3) is 0.538. The molecule has 1 saturated carbocycles. The van der Waals surface area contributed by atoms with Crippen molar-refractivity contribution in [3.63, 3.8) is 0 Å². The van der Waals surface area contributed by atoms with Crippen LogP contribution in [-0.2, 0) is 6.54 Å². The Morgan fingerprint density at radius 2 is 1.90 bits per heavy atom. The number of alkyl halides is 3. The van der Waals surface area contributed by atoms with E-state index in [1.807, 2.05) is 0 Å². The predicted octanol–water partition coefficient (Wildman–Crippen LogP) is 3.54. The fourth-order valence-electron chi connectivity index (χ4n) is 2.03. The number of hydrogen-bond donors (Lipinski definition) is 1. The molecule has 1 aliphatic rings. The second-order valence-electron chi connectivity index (χ2n) is 4.75. The van der Waals surface area contributed by atoms with Crippen LogP contribution in [0.1, 0.15) is 18.4 Å². The van der Waals surface area contributed by atoms with Gasteiger partial charge in [0.25, 0.3) is 0 Å². The summed E-state index contributed by atoms with van der Waals surface area (Å²) in [4.78, 5) is 0. The highest BCUT2D eigenvalue weighted by Gasteiger charge is 2.62. The van der Waals surface area contributed by atoms with E-state index in [0.29, 0.717) is 22.1 Å². The minimum absolute atomic E-state index is 0.0690. The van der Waals surface area contributed by atoms with Crippen LogP contribution in [0.3, 0.4) is 0 Å². The maximum Gasteiger partial charge on any atom is 0.406 e. The second-order valence-corrected chi connectivity index (χ2v) is 5.15. The molecule has 112 valence electrons. The van der Waals surface area contributed by atoms with E-state index in [1.165, 1.54) is 14.2 Å². The molecule has 0 aromatic heterocycles. The number of ether oxygens (including phenoxy) is 2. The first kappa shape index (κ1) is 15.3. The van der Waals surface area contributed by atoms with Crippen LogP contribution < -0.4 is 14.8 Å². The normalized spacial score (nSPS) is 16.9. The first-order valence-corrected chi connectivity index (χ1v) is 6.43. The Bertz CT molecular complexity index is 501. The molecule has 0 radical (unpaired) electrons. The molecule has 1 aromatic carbocycles. The number of halogens is 4. The highest BCUT2D eigenvalue weighted by molar-refractivity contribution is 6.32. The second kappa shape index (κ2) is 5.33. The quantitative estimate of drug-likeness (QED) is 0.902. The van der Waals surface area contributed by atoms with Gasteiger partial charge in [-0.3, -0.25) is 5.32 Å². The highest BCUT2D eigenvalue weighted by Crippen LogP contribution is 2.49. The van der Waals surface area contributed by atoms with Crippen molar-refractivity contribution in [2.75, 3.05) is 14.2 Å². The zero-order chi connectivity index (χ0) is 15.0. The highest BCUT2D eigenvalue weighted by atomic mass is 35.5. The molecule has 7 heteroatoms. The SMILES string of the molecule is COc1cc(CNC2(C(F)(F)F)CC2)cc(Cl)c1OC. The molecule has 0 heterocycles. The van der Waals surface area contributed by atoms with Crippen molar-refractivity contribution in [1.82, 2.24) is 5.32 Å². The number of nitrogens with one attached hydrogen (secondary N) is 1. The lowest BCUT2D eigenvalue weighted by Gasteiger charge is -2.21. The summed E-state index contributed by atoms with van der Waals surface area (Å²) < 4.78 is 48.6. The molecule has 2 rings (SSSR count). The summed E-state index contributed by atoms with van der Waals surface area (Å²) in [7, 11) is 2.90. The minimum Gasteiger partial charge on any atom is -0.493 e. The summed E-state index contributed by atoms with van der Waals surface area (Å²) in [6.07, 6.45) is -4.01. The smallest absolute Gasteiger partial charge is 0.406 e. The summed E-state index contributed by atoms with van der Waals surface area (Å²) in [5, 5.41) is 2.87. The van der Waals surface area contributed by atoms with Crippen molar-refractivity contribution in [3.8, 4) is 11.5 Å². The van der Waals surface area contributed by atoms with E-state index in [1.54, 1.807) is 12.1 Å². The molecule has 1 fully saturated rings. The average molecular weight is 310 g/mol. The van der Waals surface area contributed by atoms with Gasteiger partial charge in [0.05, 0.1) is 19.2 Å². The van der Waals surface area contributed by atoms with Crippen LogP contribution in [0.15, 0.2) is 12.1 Å². The van der Waals surface area contributed by atoms with Crippen molar-refractivity contribution >= 4 is 11.6 Å². The first-order chi connectivity index (χ1) is 9.33. The topological polar surface area (TPSA) is 30.5 Å². The van der Waals surface area contributed by atoms with Gasteiger partial charge in [0.1, 0.15) is 5.54 Å². The lowest BCUT2D eigenvalue weighted by molar-refractivity contribution is -0.166. The van der Waals surface area contributed by atoms with Gasteiger partial charge in [-0.05, 0) is 30.5 Å². The molecular weight excluding hydrogens is 295 g/mol. The maximum atomic E-state index is 12.8. The molecule has 0 spiro atoms. The van der Waals surface area contributed by atoms with Crippen LogP contribution in [0.4, 0.5) is 13.2 Å². The van der Waals surface area contributed by atoms with E-state index in [0.717, 1.165) is 0 Å². The van der Waals surface area contributed by atoms with Crippen LogP contribution in [0.5, 0.6) is 11.5 Å². The van der Waals surface area contributed by atoms with E-state index in [2.05, 4.69) is 5.32 Å². The Labute approximate surface area is 120 Å². The van der Waals surface area contributed by atoms with E-state index in [4.69, 9.17) is 21.1 Å². The lowest BCUT2D eigenvalue weighted by atomic mass is 10.1. The van der Waals surface area contributed by atoms with Crippen molar-refractivity contribution < 1.29 is 22.6 Å². The zero-order valence-electron chi connectivity index (χ0n) is 11.1. The third-order valence-electron chi connectivity index (χ3n) is 3.42. The average Bonchev–Trinajstić information content (AvgIpc) is 3.16. The number of benzene rings is 1. The molecular formula is C13H15ClF3NO2. The monoisotopic (exact) mass is 309 g/mol. The maximum absolute atomic E-state index is 12.8. The Hall–Kier alpha value is -1.14. The zero-order valence-corrected chi connectivity index (χ0v) is 11.9. The molecule has 0 aliphatic heterocycles. The third-order valence-corrected chi connectivity index (χ3v) is 3.70. The van der Waals surface area contributed by atoms with Gasteiger partial charge in [0.2, 0.25) is 0 Å². The van der Waals surface area contributed by atoms with Gasteiger partial charge in [-0.1, -0.05) is 11.6 Å². The molecule has 1 N–H and O–H groups in total. The molecule has 0 atom stereocenters. The third kappa shape index (κ3) is 2.81. The standard InChI is InChI=1S/C13H15ClF3NO2/c1-19-10-6-8(5-9(14)11(10)20-2)7-18-12(3-4-12)13(15,16)17/h5-6,18H,3-4,7H2,1-2H3. The van der Waals surface area contributed by atoms with E-state index in [9.17, 15) is 13.2 Å². The van der Waals surface area contributed by atoms with Gasteiger partial charge in [-0.25, -0.2) is 0 Å². The molecule has 0 saturated heterocycles. The Morgan fingerprint density at radius 3 is 2.35 bits per heavy atom. The minimum atomic E-state index is -4.23. The fourth-order valence-corrected chi connectivity index (χ4v) is 2.34. The summed E-state index contributed by atoms with van der Waals surface area (Å²) in [6, 6.07) is 3.19. The van der Waals surface area contributed by atoms with Gasteiger partial charge >= 0.3 is 6.18 Å². The predicted molar refractivity (Wildman–Crippen MR) is 69.4 cm³/mol. The molecule has 0 unspecified atom stereocenters. The van der Waals surface area contributed by atoms with Crippen molar-refractivity contribution in [2.24, 2.45) is 0 Å². The molecule has 1 aliphatic carbocycles. The number of methoxy groups -OCH3 is 2. The summed E-state index contributed by atoms with van der Waals surface area (Å²) >= 11 is 6.01. The Balaban J connectivity index is 2.13. The summed E-state index contributed by atoms with van der Waals surface area (Å²) in [5.74, 6) is 0.767. The summed E-state index contributed by atoms with van der Waals surface area (Å²) in [5.41, 5.74) is -1.13. The van der Waals surface area contributed by atoms with Crippen LogP contribution in [-0.4, -0.2) is 25.9 Å². The van der Waals surface area contributed by atoms with Crippen molar-refractivity contribution in [2.45, 2.75) is 31.1 Å². The van der Waals surface area contributed by atoms with Crippen LogP contribution >= 0.6 is 11.6 Å². The van der Waals surface area contributed by atoms with E-state index >= 15 is 0 Å². The van der Waals surface area contributed by atoms with Gasteiger partial charge in [0, 0.05) is 6.54 Å². The van der Waals surface area contributed by atoms with Crippen LogP contribution in [0.2, 0.25) is 5.02 Å². The van der Waals surface area contributed by atoms with Gasteiger partial charge in [0.15, 0.2) is 11.5 Å². The van der Waals surface area contributed by atoms with Crippen molar-refractivity contribution in [1.29, 1.82) is 0 Å². The molecule has 3 nitrogen and oxygen atoms in total. The molecule has 0 bridgehead atoms. The summed E-state index contributed by atoms with van der Waals surface area (Å²) in [6.45, 7) is 0.0690. The van der Waals surface area contributed by atoms with Gasteiger partial charge in [-0.2, -0.15) is 13.2 Å². The van der Waals surface area contributed by atoms with Gasteiger partial charge < -0.3 is 9.47 Å². The molecule has 0 amide bonds. The lowest BCUT2D eigenvalue weighted by Crippen LogP contribution is -2.44. The number of hydrogen-bond acceptors (Lipinski definition) is 3. The van der Waals surface area contributed by atoms with Crippen LogP contribution in [0.25, 0.3) is 0 Å². The molecule has 1 aromatic rings. The van der Waals surface area contributed by atoms with E-state index < -0.39 is 11.7 Å². The van der Waals surface area contributed by atoms with Crippen LogP contribution in [0, 0.1) is 0 Å². The number of rotatable bonds is 5. The first-order valence-electron chi connectivity index (χ1n) is 6.05. The van der Waals surface area contributed by atoms with Gasteiger partial charge in [-0.15, -0.1) is 0 Å². The van der Waals surface area contributed by atoms with Crippen molar-refractivity contribution in [3.05, 3.63) is 22.7 Å². The Morgan fingerprint density at radius 1 is 1.25 bits per heavy atom. The Kier molecular flexibility index (Phi) is 4.07. The van der Waals surface area contributed by atoms with E-state index in [-0.39, 0.29) is 19.4 Å².